The standard InChI is InChI=1S/C14H17BrN2O4S/c1-10(18)17(13-4-2-3-11(15)7-13)8-14(19)16-12-5-6-22(20,21)9-12/h2-4,7,12H,5-6,8-9H2,1H3,(H,16,19). The molecular weight excluding hydrogens is 372 g/mol. The summed E-state index contributed by atoms with van der Waals surface area (Å²) in [5.41, 5.74) is 0.607. The van der Waals surface area contributed by atoms with Gasteiger partial charge in [-0.3, -0.25) is 9.59 Å². The van der Waals surface area contributed by atoms with Crippen molar-refractivity contribution < 1.29 is 18.0 Å². The van der Waals surface area contributed by atoms with Gasteiger partial charge in [-0.2, -0.15) is 0 Å². The first-order valence-electron chi connectivity index (χ1n) is 6.80. The SMILES string of the molecule is CC(=O)N(CC(=O)NC1CCS(=O)(=O)C1)c1cccc(Br)c1. The van der Waals surface area contributed by atoms with E-state index in [1.54, 1.807) is 18.2 Å². The van der Waals surface area contributed by atoms with E-state index in [0.717, 1.165) is 4.47 Å². The van der Waals surface area contributed by atoms with Crippen LogP contribution in [-0.4, -0.2) is 44.3 Å². The molecule has 6 nitrogen and oxygen atoms in total. The van der Waals surface area contributed by atoms with Gasteiger partial charge in [0.05, 0.1) is 11.5 Å². The van der Waals surface area contributed by atoms with Gasteiger partial charge in [0.1, 0.15) is 6.54 Å². The predicted octanol–water partition coefficient (Wildman–Crippen LogP) is 1.11. The molecule has 8 heteroatoms. The molecule has 1 atom stereocenters. The molecule has 0 bridgehead atoms. The molecule has 1 fully saturated rings. The lowest BCUT2D eigenvalue weighted by atomic mass is 10.2. The third kappa shape index (κ3) is 4.54. The lowest BCUT2D eigenvalue weighted by Gasteiger charge is -2.22. The number of benzene rings is 1. The quantitative estimate of drug-likeness (QED) is 0.836. The van der Waals surface area contributed by atoms with Gasteiger partial charge >= 0.3 is 0 Å². The van der Waals surface area contributed by atoms with Crippen molar-refractivity contribution >= 4 is 43.3 Å². The second-order valence-electron chi connectivity index (χ2n) is 5.25. The Balaban J connectivity index is 2.02. The van der Waals surface area contributed by atoms with Crippen LogP contribution >= 0.6 is 15.9 Å². The van der Waals surface area contributed by atoms with Crippen molar-refractivity contribution in [3.05, 3.63) is 28.7 Å². The van der Waals surface area contributed by atoms with Crippen molar-refractivity contribution in [3.8, 4) is 0 Å². The summed E-state index contributed by atoms with van der Waals surface area (Å²) in [5, 5.41) is 2.68. The second-order valence-corrected chi connectivity index (χ2v) is 8.40. The van der Waals surface area contributed by atoms with Crippen LogP contribution < -0.4 is 10.2 Å². The van der Waals surface area contributed by atoms with Crippen molar-refractivity contribution in [2.45, 2.75) is 19.4 Å². The van der Waals surface area contributed by atoms with Crippen LogP contribution in [-0.2, 0) is 19.4 Å². The Morgan fingerprint density at radius 2 is 2.14 bits per heavy atom. The molecule has 1 aromatic carbocycles. The lowest BCUT2D eigenvalue weighted by Crippen LogP contribution is -2.44. The summed E-state index contributed by atoms with van der Waals surface area (Å²) >= 11 is 3.32. The average Bonchev–Trinajstić information content (AvgIpc) is 2.74. The van der Waals surface area contributed by atoms with E-state index in [-0.39, 0.29) is 35.9 Å². The van der Waals surface area contributed by atoms with Gasteiger partial charge in [0.15, 0.2) is 9.84 Å². The monoisotopic (exact) mass is 388 g/mol. The third-order valence-electron chi connectivity index (χ3n) is 3.40. The molecule has 1 heterocycles. The molecule has 1 aromatic rings. The Bertz CT molecular complexity index is 690. The Hall–Kier alpha value is -1.41. The van der Waals surface area contributed by atoms with E-state index in [9.17, 15) is 18.0 Å². The van der Waals surface area contributed by atoms with Gasteiger partial charge in [0.25, 0.3) is 0 Å². The molecule has 0 aliphatic carbocycles. The number of hydrogen-bond donors (Lipinski definition) is 1. The van der Waals surface area contributed by atoms with Crippen molar-refractivity contribution in [3.63, 3.8) is 0 Å². The molecule has 22 heavy (non-hydrogen) atoms. The van der Waals surface area contributed by atoms with Crippen LogP contribution in [0.2, 0.25) is 0 Å². The Labute approximate surface area is 137 Å². The molecule has 0 spiro atoms. The largest absolute Gasteiger partial charge is 0.351 e. The van der Waals surface area contributed by atoms with E-state index in [1.165, 1.54) is 11.8 Å². The first-order chi connectivity index (χ1) is 10.3. The fraction of sp³-hybridized carbons (Fsp3) is 0.429. The molecule has 2 rings (SSSR count). The number of sulfone groups is 1. The molecule has 1 aliphatic rings. The van der Waals surface area contributed by atoms with Gasteiger partial charge in [-0.1, -0.05) is 22.0 Å². The number of halogens is 1. The Kier molecular flexibility index (Phi) is 5.23. The molecule has 1 unspecified atom stereocenters. The van der Waals surface area contributed by atoms with Crippen LogP contribution in [0.3, 0.4) is 0 Å². The zero-order valence-electron chi connectivity index (χ0n) is 12.1. The molecular formula is C14H17BrN2O4S. The highest BCUT2D eigenvalue weighted by Gasteiger charge is 2.29. The summed E-state index contributed by atoms with van der Waals surface area (Å²) in [4.78, 5) is 25.2. The van der Waals surface area contributed by atoms with Crippen LogP contribution in [0.5, 0.6) is 0 Å². The highest BCUT2D eigenvalue weighted by Crippen LogP contribution is 2.20. The predicted molar refractivity (Wildman–Crippen MR) is 87.4 cm³/mol. The van der Waals surface area contributed by atoms with E-state index < -0.39 is 9.84 Å². The van der Waals surface area contributed by atoms with Gasteiger partial charge < -0.3 is 10.2 Å². The van der Waals surface area contributed by atoms with Crippen LogP contribution in [0.15, 0.2) is 28.7 Å². The molecule has 0 aromatic heterocycles. The fourth-order valence-electron chi connectivity index (χ4n) is 2.35. The maximum atomic E-state index is 12.1. The number of carbonyl (C=O) groups is 2. The zero-order valence-corrected chi connectivity index (χ0v) is 14.5. The Morgan fingerprint density at radius 3 is 2.68 bits per heavy atom. The normalized spacial score (nSPS) is 19.6. The molecule has 0 saturated carbocycles. The minimum absolute atomic E-state index is 0.0320. The highest BCUT2D eigenvalue weighted by atomic mass is 79.9. The molecule has 120 valence electrons. The second kappa shape index (κ2) is 6.78. The number of hydrogen-bond acceptors (Lipinski definition) is 4. The van der Waals surface area contributed by atoms with Crippen LogP contribution in [0.25, 0.3) is 0 Å². The maximum absolute atomic E-state index is 12.1. The molecule has 2 amide bonds. The van der Waals surface area contributed by atoms with Gasteiger partial charge in [0.2, 0.25) is 11.8 Å². The van der Waals surface area contributed by atoms with Gasteiger partial charge in [-0.25, -0.2) is 8.42 Å². The third-order valence-corrected chi connectivity index (χ3v) is 5.66. The van der Waals surface area contributed by atoms with E-state index >= 15 is 0 Å². The number of amides is 2. The summed E-state index contributed by atoms with van der Waals surface area (Å²) in [7, 11) is -3.05. The van der Waals surface area contributed by atoms with Gasteiger partial charge in [-0.15, -0.1) is 0 Å². The van der Waals surface area contributed by atoms with Crippen molar-refractivity contribution in [1.29, 1.82) is 0 Å². The van der Waals surface area contributed by atoms with Crippen molar-refractivity contribution in [2.75, 3.05) is 23.0 Å². The number of nitrogens with zero attached hydrogens (tertiary/aromatic N) is 1. The molecule has 1 aliphatic heterocycles. The van der Waals surface area contributed by atoms with E-state index in [4.69, 9.17) is 0 Å². The van der Waals surface area contributed by atoms with Crippen LogP contribution in [0, 0.1) is 0 Å². The summed E-state index contributed by atoms with van der Waals surface area (Å²) in [5.74, 6) is -0.556. The van der Waals surface area contributed by atoms with Gasteiger partial charge in [-0.05, 0) is 24.6 Å². The average molecular weight is 389 g/mol. The van der Waals surface area contributed by atoms with Gasteiger partial charge in [0, 0.05) is 23.1 Å². The highest BCUT2D eigenvalue weighted by molar-refractivity contribution is 9.10. The van der Waals surface area contributed by atoms with Crippen molar-refractivity contribution in [2.24, 2.45) is 0 Å². The number of rotatable bonds is 4. The zero-order chi connectivity index (χ0) is 16.3. The summed E-state index contributed by atoms with van der Waals surface area (Å²) in [6, 6.07) is 6.71. The van der Waals surface area contributed by atoms with E-state index in [1.807, 2.05) is 6.07 Å². The van der Waals surface area contributed by atoms with Crippen LogP contribution in [0.1, 0.15) is 13.3 Å². The van der Waals surface area contributed by atoms with Crippen molar-refractivity contribution in [1.82, 2.24) is 5.32 Å². The number of nitrogens with one attached hydrogen (secondary N) is 1. The molecule has 0 radical (unpaired) electrons. The summed E-state index contributed by atoms with van der Waals surface area (Å²) < 4.78 is 23.6. The summed E-state index contributed by atoms with van der Waals surface area (Å²) in [6.45, 7) is 1.25. The van der Waals surface area contributed by atoms with E-state index in [0.29, 0.717) is 12.1 Å². The topological polar surface area (TPSA) is 83.6 Å². The number of anilines is 1. The first-order valence-corrected chi connectivity index (χ1v) is 9.42. The van der Waals surface area contributed by atoms with E-state index in [2.05, 4.69) is 21.2 Å². The lowest BCUT2D eigenvalue weighted by molar-refractivity contribution is -0.123. The minimum Gasteiger partial charge on any atom is -0.351 e. The molecule has 1 N–H and O–H groups in total. The minimum atomic E-state index is -3.05. The smallest absolute Gasteiger partial charge is 0.240 e. The maximum Gasteiger partial charge on any atom is 0.240 e. The molecule has 1 saturated heterocycles. The summed E-state index contributed by atoms with van der Waals surface area (Å²) in [6.07, 6.45) is 0.422. The first kappa shape index (κ1) is 17.0. The fourth-order valence-corrected chi connectivity index (χ4v) is 4.41. The van der Waals surface area contributed by atoms with Crippen LogP contribution in [0.4, 0.5) is 5.69 Å². The Morgan fingerprint density at radius 1 is 1.41 bits per heavy atom. The number of carbonyl (C=O) groups excluding carboxylic acids is 2.